The first kappa shape index (κ1) is 41.0. The van der Waals surface area contributed by atoms with Gasteiger partial charge in [0, 0.05) is 42.8 Å². The molecule has 3 atom stereocenters. The SMILES string of the molecule is Cc1cncc(-c2ccc3c(=O)n(-c4ccc(Cl)c5c(NS(C)(=O)=O)nn(C)c45)c([C@H](Cc4cc(F)cc(F)c4)NC(=O)Cn4nc(C(F)F)c5c4C(F)(F)[C@@H]4C[C@H]54)nc3c2)n1. The fourth-order valence-electron chi connectivity index (χ4n) is 8.34. The van der Waals surface area contributed by atoms with E-state index in [1.807, 2.05) is 0 Å². The smallest absolute Gasteiger partial charge is 0.293 e. The number of aryl methyl sites for hydroxylation is 2. The number of fused-ring (bicyclic) bond motifs is 5. The summed E-state index contributed by atoms with van der Waals surface area (Å²) in [5, 5.41) is 10.8. The van der Waals surface area contributed by atoms with Gasteiger partial charge in [0.15, 0.2) is 5.82 Å². The third kappa shape index (κ3) is 7.11. The molecule has 9 rings (SSSR count). The second kappa shape index (κ2) is 14.6. The van der Waals surface area contributed by atoms with Crippen LogP contribution in [-0.4, -0.2) is 59.7 Å². The molecule has 2 aliphatic rings. The van der Waals surface area contributed by atoms with Crippen LogP contribution in [0.25, 0.3) is 38.8 Å². The quantitative estimate of drug-likeness (QED) is 0.133. The zero-order chi connectivity index (χ0) is 44.2. The molecule has 1 saturated carbocycles. The number of amides is 1. The lowest BCUT2D eigenvalue weighted by atomic mass is 10.0. The fourth-order valence-corrected chi connectivity index (χ4v) is 9.08. The molecule has 4 heterocycles. The van der Waals surface area contributed by atoms with Crippen molar-refractivity contribution in [3.05, 3.63) is 122 Å². The number of sulfonamides is 1. The second-order valence-electron chi connectivity index (χ2n) is 15.3. The summed E-state index contributed by atoms with van der Waals surface area (Å²) in [5.74, 6) is -9.06. The summed E-state index contributed by atoms with van der Waals surface area (Å²) in [6, 6.07) is 8.47. The highest BCUT2D eigenvalue weighted by atomic mass is 35.5. The lowest BCUT2D eigenvalue weighted by Gasteiger charge is -2.24. The predicted octanol–water partition coefficient (Wildman–Crippen LogP) is 6.78. The zero-order valence-electron chi connectivity index (χ0n) is 32.5. The number of rotatable bonds is 11. The van der Waals surface area contributed by atoms with Crippen molar-refractivity contribution in [2.45, 2.75) is 50.6 Å². The Labute approximate surface area is 351 Å². The summed E-state index contributed by atoms with van der Waals surface area (Å²) in [4.78, 5) is 42.7. The summed E-state index contributed by atoms with van der Waals surface area (Å²) in [6.45, 7) is 0.743. The van der Waals surface area contributed by atoms with Crippen LogP contribution in [-0.2, 0) is 40.8 Å². The Kier molecular flexibility index (Phi) is 9.69. The van der Waals surface area contributed by atoms with Crippen LogP contribution in [0, 0.1) is 24.5 Å². The van der Waals surface area contributed by atoms with Crippen molar-refractivity contribution in [3.8, 4) is 16.9 Å². The molecule has 2 aliphatic carbocycles. The summed E-state index contributed by atoms with van der Waals surface area (Å²) < 4.78 is 119. The maximum atomic E-state index is 15.5. The maximum absolute atomic E-state index is 15.5. The molecule has 7 aromatic rings. The van der Waals surface area contributed by atoms with E-state index in [4.69, 9.17) is 16.6 Å². The van der Waals surface area contributed by atoms with Gasteiger partial charge in [-0.1, -0.05) is 17.7 Å². The van der Waals surface area contributed by atoms with Gasteiger partial charge in [0.05, 0.1) is 62.4 Å². The molecule has 62 heavy (non-hydrogen) atoms. The number of alkyl halides is 4. The van der Waals surface area contributed by atoms with Gasteiger partial charge in [0.2, 0.25) is 15.9 Å². The van der Waals surface area contributed by atoms with Crippen LogP contribution >= 0.6 is 11.6 Å². The Morgan fingerprint density at radius 2 is 1.77 bits per heavy atom. The van der Waals surface area contributed by atoms with E-state index in [0.717, 1.165) is 23.0 Å². The summed E-state index contributed by atoms with van der Waals surface area (Å²) >= 11 is 6.62. The number of carbonyl (C=O) groups excluding carboxylic acids is 1. The fraction of sp³-hybridized carbons (Fsp3) is 0.275. The van der Waals surface area contributed by atoms with E-state index in [2.05, 4.69) is 30.2 Å². The van der Waals surface area contributed by atoms with E-state index in [1.165, 1.54) is 42.2 Å². The zero-order valence-corrected chi connectivity index (χ0v) is 34.0. The largest absolute Gasteiger partial charge is 0.344 e. The number of anilines is 1. The average molecular weight is 897 g/mol. The molecule has 0 bridgehead atoms. The molecule has 0 spiro atoms. The van der Waals surface area contributed by atoms with Crippen LogP contribution in [0.2, 0.25) is 5.02 Å². The van der Waals surface area contributed by atoms with Crippen molar-refractivity contribution in [2.75, 3.05) is 11.0 Å². The van der Waals surface area contributed by atoms with Crippen molar-refractivity contribution < 1.29 is 39.6 Å². The van der Waals surface area contributed by atoms with E-state index in [-0.39, 0.29) is 61.7 Å². The van der Waals surface area contributed by atoms with Gasteiger partial charge in [-0.2, -0.15) is 19.0 Å². The molecule has 1 fully saturated rings. The molecule has 14 nitrogen and oxygen atoms in total. The van der Waals surface area contributed by atoms with Crippen molar-refractivity contribution in [1.82, 2.24) is 44.4 Å². The van der Waals surface area contributed by atoms with Crippen LogP contribution in [0.1, 0.15) is 58.8 Å². The predicted molar refractivity (Wildman–Crippen MR) is 214 cm³/mol. The van der Waals surface area contributed by atoms with Gasteiger partial charge in [-0.25, -0.2) is 35.9 Å². The van der Waals surface area contributed by atoms with Gasteiger partial charge in [-0.3, -0.25) is 33.2 Å². The first-order valence-corrected chi connectivity index (χ1v) is 21.1. The molecule has 0 radical (unpaired) electrons. The molecule has 4 aromatic heterocycles. The number of hydrogen-bond acceptors (Lipinski definition) is 9. The van der Waals surface area contributed by atoms with Crippen molar-refractivity contribution in [2.24, 2.45) is 13.0 Å². The standard InChI is InChI=1S/C40H31ClF6N10O4S/c1-17-14-48-15-28(49-17)19-4-5-22-26(11-19)51-38(57(39(22)59)29-7-6-25(41)32-34(29)55(2)53-37(32)54-62(3,60)61)27(10-18-8-20(42)12-21(43)9-18)50-30(58)16-56-35-31(33(52-56)36(44)45)23-13-24(23)40(35,46)47/h4-9,11-12,14-15,23-24,27,36H,10,13,16H2,1-3H3,(H,50,58)(H,53,54)/t23-,24+,27-/m0/s1. The Balaban J connectivity index is 1.26. The maximum Gasteiger partial charge on any atom is 0.293 e. The minimum atomic E-state index is -3.91. The third-order valence-electron chi connectivity index (χ3n) is 10.9. The van der Waals surface area contributed by atoms with E-state index in [1.54, 1.807) is 19.2 Å². The van der Waals surface area contributed by atoms with Gasteiger partial charge >= 0.3 is 0 Å². The first-order chi connectivity index (χ1) is 29.3. The molecule has 0 unspecified atom stereocenters. The third-order valence-corrected chi connectivity index (χ3v) is 11.7. The number of carbonyl (C=O) groups is 1. The number of benzene rings is 3. The minimum Gasteiger partial charge on any atom is -0.344 e. The van der Waals surface area contributed by atoms with E-state index >= 15 is 8.78 Å². The number of halogens is 7. The van der Waals surface area contributed by atoms with E-state index in [9.17, 15) is 35.6 Å². The van der Waals surface area contributed by atoms with E-state index < -0.39 is 87.7 Å². The molecule has 1 amide bonds. The molecule has 2 N–H and O–H groups in total. The molecule has 0 saturated heterocycles. The Bertz CT molecular complexity index is 3190. The lowest BCUT2D eigenvalue weighted by Crippen LogP contribution is -2.38. The number of nitrogens with one attached hydrogen (secondary N) is 2. The Hall–Kier alpha value is -6.35. The molecule has 0 aliphatic heterocycles. The summed E-state index contributed by atoms with van der Waals surface area (Å²) in [7, 11) is -2.46. The van der Waals surface area contributed by atoms with Gasteiger partial charge < -0.3 is 5.32 Å². The lowest BCUT2D eigenvalue weighted by molar-refractivity contribution is -0.123. The average Bonchev–Trinajstić information content (AvgIpc) is 3.72. The highest BCUT2D eigenvalue weighted by molar-refractivity contribution is 7.92. The normalized spacial score (nSPS) is 17.1. The Morgan fingerprint density at radius 1 is 1.03 bits per heavy atom. The highest BCUT2D eigenvalue weighted by Gasteiger charge is 2.67. The van der Waals surface area contributed by atoms with Crippen molar-refractivity contribution in [1.29, 1.82) is 0 Å². The first-order valence-electron chi connectivity index (χ1n) is 18.8. The van der Waals surface area contributed by atoms with Gasteiger partial charge in [-0.15, -0.1) is 0 Å². The van der Waals surface area contributed by atoms with Gasteiger partial charge in [-0.05, 0) is 61.2 Å². The van der Waals surface area contributed by atoms with Crippen LogP contribution in [0.5, 0.6) is 0 Å². The van der Waals surface area contributed by atoms with Crippen LogP contribution in [0.15, 0.2) is 65.7 Å². The van der Waals surface area contributed by atoms with Crippen LogP contribution in [0.4, 0.5) is 32.2 Å². The van der Waals surface area contributed by atoms with Crippen molar-refractivity contribution >= 4 is 55.2 Å². The summed E-state index contributed by atoms with van der Waals surface area (Å²) in [5.41, 5.74) is -1.05. The van der Waals surface area contributed by atoms with Crippen LogP contribution in [0.3, 0.4) is 0 Å². The second-order valence-corrected chi connectivity index (χ2v) is 17.5. The summed E-state index contributed by atoms with van der Waals surface area (Å²) in [6.07, 6.45) is 0.251. The van der Waals surface area contributed by atoms with Gasteiger partial charge in [0.25, 0.3) is 17.9 Å². The topological polar surface area (TPSA) is 172 Å². The molecular formula is C40H31ClF6N10O4S. The molecule has 3 aromatic carbocycles. The Morgan fingerprint density at radius 3 is 2.47 bits per heavy atom. The minimum absolute atomic E-state index is 0.00630. The highest BCUT2D eigenvalue weighted by Crippen LogP contribution is 2.68. The van der Waals surface area contributed by atoms with Crippen LogP contribution < -0.4 is 15.6 Å². The molecule has 22 heteroatoms. The molecular weight excluding hydrogens is 866 g/mol. The molecule has 320 valence electrons. The monoisotopic (exact) mass is 896 g/mol. The number of aromatic nitrogens is 8. The van der Waals surface area contributed by atoms with Gasteiger partial charge in [0.1, 0.15) is 35.4 Å². The number of nitrogens with zero attached hydrogens (tertiary/aromatic N) is 8. The van der Waals surface area contributed by atoms with E-state index in [0.29, 0.717) is 27.7 Å². The number of hydrogen-bond donors (Lipinski definition) is 2. The van der Waals surface area contributed by atoms with Crippen molar-refractivity contribution in [3.63, 3.8) is 0 Å².